The largest absolute Gasteiger partial charge is 0.294 e. The van der Waals surface area contributed by atoms with Gasteiger partial charge in [-0.15, -0.1) is 0 Å². The van der Waals surface area contributed by atoms with Crippen LogP contribution in [0.4, 0.5) is 4.39 Å². The second-order valence-corrected chi connectivity index (χ2v) is 4.46. The number of benzene rings is 1. The number of hydrogen-bond donors (Lipinski definition) is 0. The van der Waals surface area contributed by atoms with Crippen LogP contribution in [0.1, 0.15) is 25.8 Å². The van der Waals surface area contributed by atoms with Gasteiger partial charge in [0, 0.05) is 10.9 Å². The monoisotopic (exact) mass is 284 g/mol. The van der Waals surface area contributed by atoms with Gasteiger partial charge in [0.1, 0.15) is 5.82 Å². The minimum absolute atomic E-state index is 0.0579. The summed E-state index contributed by atoms with van der Waals surface area (Å²) in [5.74, 6) is -0.266. The molecule has 16 heavy (non-hydrogen) atoms. The first-order valence-electron chi connectivity index (χ1n) is 5.20. The molecule has 0 fully saturated rings. The summed E-state index contributed by atoms with van der Waals surface area (Å²) in [5.41, 5.74) is 1.49. The van der Waals surface area contributed by atoms with E-state index in [4.69, 9.17) is 0 Å². The molecular weight excluding hydrogens is 271 g/mol. The van der Waals surface area contributed by atoms with E-state index in [2.05, 4.69) is 15.9 Å². The lowest BCUT2D eigenvalue weighted by Crippen LogP contribution is -2.06. The van der Waals surface area contributed by atoms with Gasteiger partial charge >= 0.3 is 0 Å². The molecule has 0 heterocycles. The van der Waals surface area contributed by atoms with Gasteiger partial charge < -0.3 is 0 Å². The first kappa shape index (κ1) is 13.1. The molecule has 1 aromatic carbocycles. The van der Waals surface area contributed by atoms with Crippen molar-refractivity contribution in [3.63, 3.8) is 0 Å². The van der Waals surface area contributed by atoms with Gasteiger partial charge in [0.25, 0.3) is 0 Å². The molecule has 0 N–H and O–H groups in total. The highest BCUT2D eigenvalue weighted by atomic mass is 79.9. The molecule has 0 aliphatic heterocycles. The second-order valence-electron chi connectivity index (χ2n) is 3.55. The van der Waals surface area contributed by atoms with Gasteiger partial charge in [0.15, 0.2) is 5.78 Å². The third-order valence-corrected chi connectivity index (χ3v) is 2.83. The van der Waals surface area contributed by atoms with Crippen LogP contribution in [0.15, 0.2) is 34.3 Å². The lowest BCUT2D eigenvalue weighted by Gasteiger charge is -2.04. The highest BCUT2D eigenvalue weighted by Crippen LogP contribution is 2.17. The Balaban J connectivity index is 2.84. The average molecular weight is 285 g/mol. The Hall–Kier alpha value is -0.960. The molecule has 0 saturated carbocycles. The standard InChI is InChI=1S/C13H14BrFO/c1-3-10(4-2)13(16)7-9-5-11(14)8-12(15)6-9/h3,5-6,8H,4,7H2,1-2H3/b10-3-. The summed E-state index contributed by atoms with van der Waals surface area (Å²) in [7, 11) is 0. The number of hydrogen-bond acceptors (Lipinski definition) is 1. The van der Waals surface area contributed by atoms with E-state index in [1.807, 2.05) is 19.9 Å². The van der Waals surface area contributed by atoms with Crippen LogP contribution in [0, 0.1) is 5.82 Å². The summed E-state index contributed by atoms with van der Waals surface area (Å²) in [6.07, 6.45) is 2.78. The maximum Gasteiger partial charge on any atom is 0.162 e. The van der Waals surface area contributed by atoms with Crippen molar-refractivity contribution in [1.82, 2.24) is 0 Å². The molecule has 0 aromatic heterocycles. The zero-order valence-electron chi connectivity index (χ0n) is 9.39. The van der Waals surface area contributed by atoms with E-state index < -0.39 is 0 Å². The molecule has 0 aliphatic rings. The van der Waals surface area contributed by atoms with Crippen LogP contribution in [-0.4, -0.2) is 5.78 Å². The first-order valence-corrected chi connectivity index (χ1v) is 5.99. The van der Waals surface area contributed by atoms with Gasteiger partial charge in [0.2, 0.25) is 0 Å². The SMILES string of the molecule is C/C=C(/CC)C(=O)Cc1cc(F)cc(Br)c1. The van der Waals surface area contributed by atoms with Crippen LogP contribution in [0.25, 0.3) is 0 Å². The minimum atomic E-state index is -0.323. The van der Waals surface area contributed by atoms with E-state index in [-0.39, 0.29) is 18.0 Å². The molecule has 3 heteroatoms. The van der Waals surface area contributed by atoms with Crippen LogP contribution < -0.4 is 0 Å². The van der Waals surface area contributed by atoms with Crippen molar-refractivity contribution in [2.75, 3.05) is 0 Å². The molecule has 0 amide bonds. The molecule has 0 spiro atoms. The Morgan fingerprint density at radius 3 is 2.62 bits per heavy atom. The highest BCUT2D eigenvalue weighted by molar-refractivity contribution is 9.10. The Kier molecular flexibility index (Phi) is 4.87. The van der Waals surface area contributed by atoms with E-state index in [9.17, 15) is 9.18 Å². The Bertz CT molecular complexity index is 404. The number of carbonyl (C=O) groups is 1. The van der Waals surface area contributed by atoms with Crippen molar-refractivity contribution in [3.8, 4) is 0 Å². The van der Waals surface area contributed by atoms with Crippen LogP contribution in [0.5, 0.6) is 0 Å². The lowest BCUT2D eigenvalue weighted by atomic mass is 10.0. The zero-order chi connectivity index (χ0) is 12.1. The van der Waals surface area contributed by atoms with Gasteiger partial charge in [-0.1, -0.05) is 28.9 Å². The third-order valence-electron chi connectivity index (χ3n) is 2.37. The minimum Gasteiger partial charge on any atom is -0.294 e. The fraction of sp³-hybridized carbons (Fsp3) is 0.308. The molecular formula is C13H14BrFO. The molecule has 0 aliphatic carbocycles. The normalized spacial score (nSPS) is 11.6. The quantitative estimate of drug-likeness (QED) is 0.762. The first-order chi connectivity index (χ1) is 7.56. The van der Waals surface area contributed by atoms with E-state index in [1.165, 1.54) is 12.1 Å². The van der Waals surface area contributed by atoms with Crippen molar-refractivity contribution in [2.24, 2.45) is 0 Å². The van der Waals surface area contributed by atoms with Gasteiger partial charge in [-0.25, -0.2) is 4.39 Å². The molecule has 0 bridgehead atoms. The van der Waals surface area contributed by atoms with Crippen LogP contribution >= 0.6 is 15.9 Å². The molecule has 0 saturated heterocycles. The molecule has 1 nitrogen and oxygen atoms in total. The maximum absolute atomic E-state index is 13.1. The number of halogens is 2. The van der Waals surface area contributed by atoms with E-state index in [0.717, 1.165) is 5.57 Å². The topological polar surface area (TPSA) is 17.1 Å². The number of Topliss-reactive ketones (excluding diaryl/α,β-unsaturated/α-hetero) is 1. The number of allylic oxidation sites excluding steroid dienone is 2. The number of rotatable bonds is 4. The van der Waals surface area contributed by atoms with Gasteiger partial charge in [-0.2, -0.15) is 0 Å². The van der Waals surface area contributed by atoms with Crippen LogP contribution in [0.3, 0.4) is 0 Å². The van der Waals surface area contributed by atoms with Crippen molar-refractivity contribution in [1.29, 1.82) is 0 Å². The summed E-state index contributed by atoms with van der Waals surface area (Å²) in [5, 5.41) is 0. The van der Waals surface area contributed by atoms with E-state index >= 15 is 0 Å². The molecule has 1 aromatic rings. The van der Waals surface area contributed by atoms with Gasteiger partial charge in [-0.05, 0) is 42.7 Å². The number of ketones is 1. The Morgan fingerprint density at radius 1 is 1.44 bits per heavy atom. The summed E-state index contributed by atoms with van der Waals surface area (Å²) in [6.45, 7) is 3.78. The predicted octanol–water partition coefficient (Wildman–Crippen LogP) is 4.06. The van der Waals surface area contributed by atoms with Crippen molar-refractivity contribution < 1.29 is 9.18 Å². The number of carbonyl (C=O) groups excluding carboxylic acids is 1. The van der Waals surface area contributed by atoms with Crippen LogP contribution in [0.2, 0.25) is 0 Å². The van der Waals surface area contributed by atoms with Crippen molar-refractivity contribution in [2.45, 2.75) is 26.7 Å². The fourth-order valence-electron chi connectivity index (χ4n) is 1.57. The Labute approximate surface area is 103 Å². The maximum atomic E-state index is 13.1. The summed E-state index contributed by atoms with van der Waals surface area (Å²) >= 11 is 3.21. The smallest absolute Gasteiger partial charge is 0.162 e. The Morgan fingerprint density at radius 2 is 2.12 bits per heavy atom. The molecule has 86 valence electrons. The van der Waals surface area contributed by atoms with Crippen LogP contribution in [-0.2, 0) is 11.2 Å². The molecule has 0 unspecified atom stereocenters. The second kappa shape index (κ2) is 5.94. The zero-order valence-corrected chi connectivity index (χ0v) is 11.0. The summed E-state index contributed by atoms with van der Waals surface area (Å²) < 4.78 is 13.7. The summed E-state index contributed by atoms with van der Waals surface area (Å²) in [6, 6.07) is 4.54. The fourth-order valence-corrected chi connectivity index (χ4v) is 2.09. The molecule has 0 radical (unpaired) electrons. The van der Waals surface area contributed by atoms with Gasteiger partial charge in [-0.3, -0.25) is 4.79 Å². The molecule has 1 rings (SSSR count). The average Bonchev–Trinajstić information content (AvgIpc) is 2.17. The van der Waals surface area contributed by atoms with E-state index in [0.29, 0.717) is 16.5 Å². The highest BCUT2D eigenvalue weighted by Gasteiger charge is 2.09. The summed E-state index contributed by atoms with van der Waals surface area (Å²) in [4.78, 5) is 11.8. The van der Waals surface area contributed by atoms with E-state index in [1.54, 1.807) is 6.07 Å². The predicted molar refractivity (Wildman–Crippen MR) is 66.9 cm³/mol. The van der Waals surface area contributed by atoms with Crippen molar-refractivity contribution in [3.05, 3.63) is 45.7 Å². The third kappa shape index (κ3) is 3.56. The van der Waals surface area contributed by atoms with Gasteiger partial charge in [0.05, 0.1) is 0 Å². The van der Waals surface area contributed by atoms with Crippen molar-refractivity contribution >= 4 is 21.7 Å². The molecule has 0 atom stereocenters. The lowest BCUT2D eigenvalue weighted by molar-refractivity contribution is -0.115.